The topological polar surface area (TPSA) is 44.2 Å². The van der Waals surface area contributed by atoms with Crippen LogP contribution in [0.4, 0.5) is 0 Å². The molecule has 4 heteroatoms. The largest absolute Gasteiger partial charge is 0.493 e. The van der Waals surface area contributed by atoms with Gasteiger partial charge in [0.1, 0.15) is 5.52 Å². The highest BCUT2D eigenvalue weighted by molar-refractivity contribution is 6.07. The molecular weight excluding hydrogens is 288 g/mol. The summed E-state index contributed by atoms with van der Waals surface area (Å²) in [5, 5.41) is 2.07. The van der Waals surface area contributed by atoms with E-state index in [1.165, 1.54) is 0 Å². The molecule has 2 heterocycles. The average Bonchev–Trinajstić information content (AvgIpc) is 2.62. The Kier molecular flexibility index (Phi) is 3.27. The van der Waals surface area contributed by atoms with Gasteiger partial charge in [0.2, 0.25) is 0 Å². The molecule has 0 saturated heterocycles. The summed E-state index contributed by atoms with van der Waals surface area (Å²) >= 11 is 0. The number of hydrogen-bond acceptors (Lipinski definition) is 4. The van der Waals surface area contributed by atoms with Crippen LogP contribution in [-0.2, 0) is 0 Å². The summed E-state index contributed by atoms with van der Waals surface area (Å²) in [7, 11) is 1.63. The van der Waals surface area contributed by atoms with Crippen LogP contribution in [0.3, 0.4) is 0 Å². The van der Waals surface area contributed by atoms with Crippen molar-refractivity contribution in [1.82, 2.24) is 9.97 Å². The smallest absolute Gasteiger partial charge is 0.169 e. The zero-order valence-electron chi connectivity index (χ0n) is 12.6. The summed E-state index contributed by atoms with van der Waals surface area (Å²) in [4.78, 5) is 8.93. The van der Waals surface area contributed by atoms with Crippen LogP contribution in [0.15, 0.2) is 67.0 Å². The third-order valence-corrected chi connectivity index (χ3v) is 3.73. The second-order valence-corrected chi connectivity index (χ2v) is 5.10. The first-order valence-corrected chi connectivity index (χ1v) is 7.30. The quantitative estimate of drug-likeness (QED) is 0.519. The fourth-order valence-electron chi connectivity index (χ4n) is 2.67. The van der Waals surface area contributed by atoms with Crippen molar-refractivity contribution < 1.29 is 9.47 Å². The van der Waals surface area contributed by atoms with Gasteiger partial charge in [-0.25, -0.2) is 0 Å². The number of benzene rings is 2. The average molecular weight is 302 g/mol. The van der Waals surface area contributed by atoms with Crippen LogP contribution in [-0.4, -0.2) is 17.1 Å². The Bertz CT molecular complexity index is 999. The van der Waals surface area contributed by atoms with Gasteiger partial charge >= 0.3 is 0 Å². The van der Waals surface area contributed by atoms with E-state index in [0.717, 1.165) is 21.8 Å². The number of pyridine rings is 2. The van der Waals surface area contributed by atoms with E-state index in [1.807, 2.05) is 54.6 Å². The van der Waals surface area contributed by atoms with E-state index >= 15 is 0 Å². The minimum Gasteiger partial charge on any atom is -0.493 e. The van der Waals surface area contributed by atoms with Crippen molar-refractivity contribution in [2.24, 2.45) is 0 Å². The van der Waals surface area contributed by atoms with Gasteiger partial charge in [-0.3, -0.25) is 9.97 Å². The molecule has 23 heavy (non-hydrogen) atoms. The third kappa shape index (κ3) is 2.34. The van der Waals surface area contributed by atoms with Gasteiger partial charge in [0.15, 0.2) is 17.2 Å². The molecule has 0 unspecified atom stereocenters. The number of ether oxygens (including phenoxy) is 2. The molecule has 0 radical (unpaired) electrons. The standard InChI is InChI=1S/C19H14N2O2/c1-22-16-8-2-3-9-17(16)23-18-12-15-13(6-4-10-20-15)14-7-5-11-21-19(14)18/h2-12H,1H3. The van der Waals surface area contributed by atoms with Gasteiger partial charge in [0, 0.05) is 29.2 Å². The first-order valence-electron chi connectivity index (χ1n) is 7.30. The molecule has 0 fully saturated rings. The molecule has 2 aromatic heterocycles. The monoisotopic (exact) mass is 302 g/mol. The van der Waals surface area contributed by atoms with Gasteiger partial charge in [0.05, 0.1) is 12.6 Å². The maximum atomic E-state index is 6.09. The maximum Gasteiger partial charge on any atom is 0.169 e. The van der Waals surface area contributed by atoms with Crippen LogP contribution in [0.1, 0.15) is 0 Å². The van der Waals surface area contributed by atoms with Crippen molar-refractivity contribution in [3.8, 4) is 17.2 Å². The fourth-order valence-corrected chi connectivity index (χ4v) is 2.67. The molecule has 4 rings (SSSR count). The number of nitrogens with zero attached hydrogens (tertiary/aromatic N) is 2. The summed E-state index contributed by atoms with van der Waals surface area (Å²) in [6.45, 7) is 0. The van der Waals surface area contributed by atoms with E-state index in [2.05, 4.69) is 9.97 Å². The van der Waals surface area contributed by atoms with Gasteiger partial charge in [0.25, 0.3) is 0 Å². The highest BCUT2D eigenvalue weighted by atomic mass is 16.5. The van der Waals surface area contributed by atoms with Crippen LogP contribution in [0, 0.1) is 0 Å². The zero-order valence-corrected chi connectivity index (χ0v) is 12.6. The van der Waals surface area contributed by atoms with E-state index in [4.69, 9.17) is 9.47 Å². The van der Waals surface area contributed by atoms with Crippen molar-refractivity contribution in [3.63, 3.8) is 0 Å². The molecule has 0 aliphatic heterocycles. The van der Waals surface area contributed by atoms with Crippen molar-refractivity contribution in [1.29, 1.82) is 0 Å². The molecular formula is C19H14N2O2. The number of methoxy groups -OCH3 is 1. The van der Waals surface area contributed by atoms with Gasteiger partial charge in [-0.05, 0) is 24.3 Å². The third-order valence-electron chi connectivity index (χ3n) is 3.73. The van der Waals surface area contributed by atoms with Crippen LogP contribution >= 0.6 is 0 Å². The molecule has 0 aliphatic carbocycles. The van der Waals surface area contributed by atoms with Gasteiger partial charge < -0.3 is 9.47 Å². The molecule has 4 aromatic rings. The van der Waals surface area contributed by atoms with Crippen molar-refractivity contribution in [2.45, 2.75) is 0 Å². The van der Waals surface area contributed by atoms with Gasteiger partial charge in [-0.15, -0.1) is 0 Å². The molecule has 0 aliphatic rings. The first kappa shape index (κ1) is 13.5. The summed E-state index contributed by atoms with van der Waals surface area (Å²) in [5.74, 6) is 1.99. The minimum atomic E-state index is 0.650. The number of aromatic nitrogens is 2. The molecule has 0 saturated carbocycles. The second kappa shape index (κ2) is 5.57. The lowest BCUT2D eigenvalue weighted by Crippen LogP contribution is -1.93. The SMILES string of the molecule is COc1ccccc1Oc1cc2ncccc2c2cccnc12. The van der Waals surface area contributed by atoms with Crippen molar-refractivity contribution >= 4 is 21.8 Å². The molecule has 0 amide bonds. The molecule has 0 spiro atoms. The molecule has 4 nitrogen and oxygen atoms in total. The number of hydrogen-bond donors (Lipinski definition) is 0. The summed E-state index contributed by atoms with van der Waals surface area (Å²) in [5.41, 5.74) is 1.68. The Labute approximate surface area is 133 Å². The summed E-state index contributed by atoms with van der Waals surface area (Å²) in [6, 6.07) is 17.4. The molecule has 112 valence electrons. The highest BCUT2D eigenvalue weighted by Crippen LogP contribution is 2.36. The predicted octanol–water partition coefficient (Wildman–Crippen LogP) is 4.58. The van der Waals surface area contributed by atoms with Crippen LogP contribution < -0.4 is 9.47 Å². The lowest BCUT2D eigenvalue weighted by molar-refractivity contribution is 0.380. The molecule has 0 atom stereocenters. The Balaban J connectivity index is 1.95. The molecule has 0 bridgehead atoms. The Morgan fingerprint density at radius 3 is 2.30 bits per heavy atom. The molecule has 2 aromatic carbocycles. The van der Waals surface area contributed by atoms with Crippen molar-refractivity contribution in [2.75, 3.05) is 7.11 Å². The maximum absolute atomic E-state index is 6.09. The minimum absolute atomic E-state index is 0.650. The highest BCUT2D eigenvalue weighted by Gasteiger charge is 2.12. The van der Waals surface area contributed by atoms with Crippen LogP contribution in [0.5, 0.6) is 17.2 Å². The summed E-state index contributed by atoms with van der Waals surface area (Å²) < 4.78 is 11.5. The van der Waals surface area contributed by atoms with E-state index in [1.54, 1.807) is 19.5 Å². The Morgan fingerprint density at radius 2 is 1.48 bits per heavy atom. The zero-order chi connectivity index (χ0) is 15.6. The lowest BCUT2D eigenvalue weighted by atomic mass is 10.1. The van der Waals surface area contributed by atoms with Crippen LogP contribution in [0.25, 0.3) is 21.8 Å². The molecule has 0 N–H and O–H groups in total. The normalized spacial score (nSPS) is 10.8. The number of fused-ring (bicyclic) bond motifs is 3. The van der Waals surface area contributed by atoms with Gasteiger partial charge in [-0.2, -0.15) is 0 Å². The van der Waals surface area contributed by atoms with E-state index in [9.17, 15) is 0 Å². The predicted molar refractivity (Wildman–Crippen MR) is 90.1 cm³/mol. The van der Waals surface area contributed by atoms with Crippen LogP contribution in [0.2, 0.25) is 0 Å². The van der Waals surface area contributed by atoms with Crippen molar-refractivity contribution in [3.05, 3.63) is 67.0 Å². The second-order valence-electron chi connectivity index (χ2n) is 5.10. The fraction of sp³-hybridized carbons (Fsp3) is 0.0526. The lowest BCUT2D eigenvalue weighted by Gasteiger charge is -2.12. The Morgan fingerprint density at radius 1 is 0.739 bits per heavy atom. The summed E-state index contributed by atoms with van der Waals surface area (Å²) in [6.07, 6.45) is 3.54. The van der Waals surface area contributed by atoms with E-state index < -0.39 is 0 Å². The van der Waals surface area contributed by atoms with E-state index in [0.29, 0.717) is 17.2 Å². The van der Waals surface area contributed by atoms with E-state index in [-0.39, 0.29) is 0 Å². The van der Waals surface area contributed by atoms with Gasteiger partial charge in [-0.1, -0.05) is 24.3 Å². The number of rotatable bonds is 3. The number of para-hydroxylation sites is 2. The first-order chi connectivity index (χ1) is 11.4. The Hall–Kier alpha value is -3.14.